The van der Waals surface area contributed by atoms with Gasteiger partial charge in [0.2, 0.25) is 5.91 Å². The lowest BCUT2D eigenvalue weighted by Gasteiger charge is -2.19. The van der Waals surface area contributed by atoms with Crippen LogP contribution in [-0.4, -0.2) is 40.5 Å². The van der Waals surface area contributed by atoms with Crippen molar-refractivity contribution in [1.29, 1.82) is 0 Å². The Labute approximate surface area is 114 Å². The largest absolute Gasteiger partial charge is 0.344 e. The Morgan fingerprint density at radius 2 is 2.16 bits per heavy atom. The lowest BCUT2D eigenvalue weighted by Crippen LogP contribution is -2.32. The Bertz CT molecular complexity index is 453. The molecule has 1 amide bonds. The molecule has 1 aliphatic carbocycles. The van der Waals surface area contributed by atoms with E-state index < -0.39 is 0 Å². The van der Waals surface area contributed by atoms with Crippen molar-refractivity contribution in [3.05, 3.63) is 17.2 Å². The lowest BCUT2D eigenvalue weighted by molar-refractivity contribution is -0.130. The number of hydrogen-bond donors (Lipinski definition) is 1. The molecule has 0 aromatic carbocycles. The van der Waals surface area contributed by atoms with Crippen LogP contribution in [-0.2, 0) is 24.2 Å². The van der Waals surface area contributed by atoms with Crippen molar-refractivity contribution in [3.63, 3.8) is 0 Å². The molecule has 2 N–H and O–H groups in total. The van der Waals surface area contributed by atoms with E-state index in [-0.39, 0.29) is 5.91 Å². The molecule has 1 aliphatic rings. The second-order valence-electron chi connectivity index (χ2n) is 5.30. The zero-order valence-corrected chi connectivity index (χ0v) is 12.0. The molecule has 0 saturated carbocycles. The molecule has 0 radical (unpaired) electrons. The fourth-order valence-corrected chi connectivity index (χ4v) is 2.65. The minimum Gasteiger partial charge on any atom is -0.344 e. The Morgan fingerprint density at radius 1 is 1.42 bits per heavy atom. The molecule has 5 heteroatoms. The van der Waals surface area contributed by atoms with E-state index >= 15 is 0 Å². The minimum atomic E-state index is 0.141. The smallest absolute Gasteiger partial charge is 0.242 e. The molecule has 0 fully saturated rings. The fraction of sp³-hybridized carbons (Fsp3) is 0.714. The molecule has 0 atom stereocenters. The molecule has 106 valence electrons. The summed E-state index contributed by atoms with van der Waals surface area (Å²) in [4.78, 5) is 18.6. The van der Waals surface area contributed by atoms with Gasteiger partial charge in [0.25, 0.3) is 0 Å². The highest BCUT2D eigenvalue weighted by atomic mass is 16.2. The van der Waals surface area contributed by atoms with E-state index in [1.165, 1.54) is 24.2 Å². The van der Waals surface area contributed by atoms with Crippen LogP contribution in [0.3, 0.4) is 0 Å². The maximum absolute atomic E-state index is 12.2. The summed E-state index contributed by atoms with van der Waals surface area (Å²) >= 11 is 0. The average molecular weight is 264 g/mol. The molecule has 5 nitrogen and oxygen atoms in total. The number of aryl methyl sites for hydroxylation is 2. The monoisotopic (exact) mass is 264 g/mol. The first-order chi connectivity index (χ1) is 9.13. The molecule has 0 bridgehead atoms. The van der Waals surface area contributed by atoms with Crippen molar-refractivity contribution < 1.29 is 4.79 Å². The standard InChI is InChI=1S/C14H24N4O/c1-11-16-12-6-3-4-7-13(12)18(11)10-14(19)17(2)9-5-8-15/h3-10,15H2,1-2H3. The van der Waals surface area contributed by atoms with E-state index in [0.29, 0.717) is 13.1 Å². The van der Waals surface area contributed by atoms with Crippen LogP contribution >= 0.6 is 0 Å². The summed E-state index contributed by atoms with van der Waals surface area (Å²) in [5.41, 5.74) is 7.94. The number of amides is 1. The van der Waals surface area contributed by atoms with Crippen molar-refractivity contribution in [1.82, 2.24) is 14.5 Å². The predicted molar refractivity (Wildman–Crippen MR) is 74.9 cm³/mol. The van der Waals surface area contributed by atoms with Crippen molar-refractivity contribution in [3.8, 4) is 0 Å². The number of carbonyl (C=O) groups excluding carboxylic acids is 1. The van der Waals surface area contributed by atoms with E-state index in [2.05, 4.69) is 9.55 Å². The Hall–Kier alpha value is -1.36. The van der Waals surface area contributed by atoms with Crippen LogP contribution in [0.15, 0.2) is 0 Å². The topological polar surface area (TPSA) is 64.2 Å². The van der Waals surface area contributed by atoms with Gasteiger partial charge < -0.3 is 15.2 Å². The summed E-state index contributed by atoms with van der Waals surface area (Å²) in [6, 6.07) is 0. The Morgan fingerprint density at radius 3 is 2.89 bits per heavy atom. The van der Waals surface area contributed by atoms with Crippen molar-refractivity contribution in [2.45, 2.75) is 45.6 Å². The van der Waals surface area contributed by atoms with Gasteiger partial charge >= 0.3 is 0 Å². The second kappa shape index (κ2) is 6.19. The fourth-order valence-electron chi connectivity index (χ4n) is 2.65. The van der Waals surface area contributed by atoms with E-state index in [9.17, 15) is 4.79 Å². The van der Waals surface area contributed by atoms with Gasteiger partial charge in [0.05, 0.1) is 5.69 Å². The molecule has 2 rings (SSSR count). The first-order valence-corrected chi connectivity index (χ1v) is 7.12. The maximum atomic E-state index is 12.2. The number of nitrogens with two attached hydrogens (primary N) is 1. The molecule has 0 aliphatic heterocycles. The van der Waals surface area contributed by atoms with Gasteiger partial charge in [-0.3, -0.25) is 4.79 Å². The quantitative estimate of drug-likeness (QED) is 0.858. The third kappa shape index (κ3) is 3.15. The van der Waals surface area contributed by atoms with E-state index in [4.69, 9.17) is 5.73 Å². The summed E-state index contributed by atoms with van der Waals surface area (Å²) < 4.78 is 2.09. The zero-order chi connectivity index (χ0) is 13.8. The lowest BCUT2D eigenvalue weighted by atomic mass is 10.0. The van der Waals surface area contributed by atoms with Crippen LogP contribution in [0, 0.1) is 6.92 Å². The number of imidazole rings is 1. The van der Waals surface area contributed by atoms with Crippen molar-refractivity contribution in [2.24, 2.45) is 5.73 Å². The van der Waals surface area contributed by atoms with Gasteiger partial charge in [-0.1, -0.05) is 0 Å². The molecular formula is C14H24N4O. The second-order valence-corrected chi connectivity index (χ2v) is 5.30. The van der Waals surface area contributed by atoms with E-state index in [0.717, 1.165) is 31.6 Å². The average Bonchev–Trinajstić information content (AvgIpc) is 2.72. The van der Waals surface area contributed by atoms with Crippen LogP contribution < -0.4 is 5.73 Å². The molecule has 1 aromatic heterocycles. The summed E-state index contributed by atoms with van der Waals surface area (Å²) in [6.45, 7) is 3.75. The highest BCUT2D eigenvalue weighted by Crippen LogP contribution is 2.22. The minimum absolute atomic E-state index is 0.141. The predicted octanol–water partition coefficient (Wildman–Crippen LogP) is 0.878. The number of fused-ring (bicyclic) bond motifs is 1. The van der Waals surface area contributed by atoms with Crippen molar-refractivity contribution in [2.75, 3.05) is 20.1 Å². The molecule has 0 saturated heterocycles. The first-order valence-electron chi connectivity index (χ1n) is 7.12. The van der Waals surface area contributed by atoms with E-state index in [1.54, 1.807) is 4.90 Å². The van der Waals surface area contributed by atoms with Gasteiger partial charge in [0.15, 0.2) is 0 Å². The van der Waals surface area contributed by atoms with Crippen LogP contribution in [0.2, 0.25) is 0 Å². The molecule has 1 heterocycles. The number of carbonyl (C=O) groups is 1. The van der Waals surface area contributed by atoms with Gasteiger partial charge in [-0.15, -0.1) is 0 Å². The highest BCUT2D eigenvalue weighted by molar-refractivity contribution is 5.75. The summed E-state index contributed by atoms with van der Waals surface area (Å²) in [6.07, 6.45) is 5.38. The molecular weight excluding hydrogens is 240 g/mol. The van der Waals surface area contributed by atoms with Crippen LogP contribution in [0.1, 0.15) is 36.5 Å². The SMILES string of the molecule is Cc1nc2c(n1CC(=O)N(C)CCCN)CCCC2. The summed E-state index contributed by atoms with van der Waals surface area (Å²) in [7, 11) is 1.84. The Kier molecular flexibility index (Phi) is 4.58. The molecule has 19 heavy (non-hydrogen) atoms. The van der Waals surface area contributed by atoms with Crippen LogP contribution in [0.25, 0.3) is 0 Å². The normalized spacial score (nSPS) is 14.3. The molecule has 0 spiro atoms. The Balaban J connectivity index is 2.06. The third-order valence-electron chi connectivity index (χ3n) is 3.84. The summed E-state index contributed by atoms with van der Waals surface area (Å²) in [5.74, 6) is 1.11. The van der Waals surface area contributed by atoms with Gasteiger partial charge in [0, 0.05) is 19.3 Å². The van der Waals surface area contributed by atoms with Gasteiger partial charge in [-0.2, -0.15) is 0 Å². The number of rotatable bonds is 5. The van der Waals surface area contributed by atoms with Gasteiger partial charge in [0.1, 0.15) is 12.4 Å². The summed E-state index contributed by atoms with van der Waals surface area (Å²) in [5, 5.41) is 0. The number of nitrogens with zero attached hydrogens (tertiary/aromatic N) is 3. The number of hydrogen-bond acceptors (Lipinski definition) is 3. The highest BCUT2D eigenvalue weighted by Gasteiger charge is 2.20. The number of aromatic nitrogens is 2. The first kappa shape index (κ1) is 14.1. The maximum Gasteiger partial charge on any atom is 0.242 e. The number of likely N-dealkylation sites (N-methyl/N-ethyl adjacent to an activating group) is 1. The van der Waals surface area contributed by atoms with E-state index in [1.807, 2.05) is 14.0 Å². The zero-order valence-electron chi connectivity index (χ0n) is 12.0. The van der Waals surface area contributed by atoms with Crippen LogP contribution in [0.5, 0.6) is 0 Å². The van der Waals surface area contributed by atoms with Crippen molar-refractivity contribution >= 4 is 5.91 Å². The molecule has 0 unspecified atom stereocenters. The van der Waals surface area contributed by atoms with Gasteiger partial charge in [-0.25, -0.2) is 4.98 Å². The van der Waals surface area contributed by atoms with Crippen LogP contribution in [0.4, 0.5) is 0 Å². The third-order valence-corrected chi connectivity index (χ3v) is 3.84. The van der Waals surface area contributed by atoms with Gasteiger partial charge in [-0.05, 0) is 45.6 Å². The molecule has 1 aromatic rings.